The van der Waals surface area contributed by atoms with Crippen LogP contribution in [0.25, 0.3) is 0 Å². The second-order valence-electron chi connectivity index (χ2n) is 5.72. The standard InChI is InChI=1S/C17H19BrN4O2/c1-24-15-4-3-13(18)8-11(15)2-5-16(23)22-7-6-12-9-20-17(19)21-14(12)10-22/h3-4,8-9H,2,5-7,10H2,1H3,(H2,19,20,21). The van der Waals surface area contributed by atoms with Gasteiger partial charge in [-0.1, -0.05) is 15.9 Å². The van der Waals surface area contributed by atoms with E-state index in [1.54, 1.807) is 13.3 Å². The van der Waals surface area contributed by atoms with Crippen LogP contribution < -0.4 is 10.5 Å². The van der Waals surface area contributed by atoms with Gasteiger partial charge in [0.2, 0.25) is 11.9 Å². The summed E-state index contributed by atoms with van der Waals surface area (Å²) in [4.78, 5) is 22.6. The van der Waals surface area contributed by atoms with E-state index in [0.717, 1.165) is 33.5 Å². The van der Waals surface area contributed by atoms with Crippen LogP contribution in [0, 0.1) is 0 Å². The molecular formula is C17H19BrN4O2. The number of aromatic nitrogens is 2. The van der Waals surface area contributed by atoms with E-state index in [0.29, 0.717) is 25.9 Å². The van der Waals surface area contributed by atoms with E-state index < -0.39 is 0 Å². The van der Waals surface area contributed by atoms with Crippen LogP contribution in [-0.4, -0.2) is 34.4 Å². The molecule has 126 valence electrons. The van der Waals surface area contributed by atoms with Gasteiger partial charge in [0.25, 0.3) is 0 Å². The predicted octanol–water partition coefficient (Wildman–Crippen LogP) is 2.35. The zero-order valence-electron chi connectivity index (χ0n) is 13.5. The number of aryl methyl sites for hydroxylation is 1. The summed E-state index contributed by atoms with van der Waals surface area (Å²) >= 11 is 3.46. The number of carbonyl (C=O) groups excluding carboxylic acids is 1. The number of amides is 1. The largest absolute Gasteiger partial charge is 0.496 e. The lowest BCUT2D eigenvalue weighted by Gasteiger charge is -2.28. The number of anilines is 1. The first kappa shape index (κ1) is 16.7. The molecule has 0 radical (unpaired) electrons. The van der Waals surface area contributed by atoms with Crippen molar-refractivity contribution >= 4 is 27.8 Å². The third-order valence-corrected chi connectivity index (χ3v) is 4.66. The lowest BCUT2D eigenvalue weighted by Crippen LogP contribution is -2.36. The van der Waals surface area contributed by atoms with Gasteiger partial charge in [-0.05, 0) is 42.2 Å². The van der Waals surface area contributed by atoms with E-state index >= 15 is 0 Å². The Kier molecular flexibility index (Phi) is 4.99. The van der Waals surface area contributed by atoms with Gasteiger partial charge in [0.15, 0.2) is 0 Å². The fourth-order valence-corrected chi connectivity index (χ4v) is 3.28. The zero-order valence-corrected chi connectivity index (χ0v) is 15.0. The molecule has 0 bridgehead atoms. The molecule has 6 nitrogen and oxygen atoms in total. The van der Waals surface area contributed by atoms with E-state index in [4.69, 9.17) is 10.5 Å². The highest BCUT2D eigenvalue weighted by atomic mass is 79.9. The maximum Gasteiger partial charge on any atom is 0.223 e. The highest BCUT2D eigenvalue weighted by molar-refractivity contribution is 9.10. The van der Waals surface area contributed by atoms with Crippen LogP contribution in [0.15, 0.2) is 28.9 Å². The van der Waals surface area contributed by atoms with Gasteiger partial charge in [0, 0.05) is 23.6 Å². The van der Waals surface area contributed by atoms with Gasteiger partial charge in [-0.2, -0.15) is 0 Å². The summed E-state index contributed by atoms with van der Waals surface area (Å²) in [6.45, 7) is 1.19. The molecule has 0 fully saturated rings. The van der Waals surface area contributed by atoms with Crippen LogP contribution in [0.3, 0.4) is 0 Å². The second-order valence-corrected chi connectivity index (χ2v) is 6.64. The molecule has 2 heterocycles. The minimum Gasteiger partial charge on any atom is -0.496 e. The molecule has 2 N–H and O–H groups in total. The second kappa shape index (κ2) is 7.17. The molecule has 0 aliphatic carbocycles. The third-order valence-electron chi connectivity index (χ3n) is 4.17. The number of hydrogen-bond donors (Lipinski definition) is 1. The number of nitrogen functional groups attached to an aromatic ring is 1. The monoisotopic (exact) mass is 390 g/mol. The fraction of sp³-hybridized carbons (Fsp3) is 0.353. The molecule has 1 aromatic carbocycles. The van der Waals surface area contributed by atoms with Gasteiger partial charge in [-0.25, -0.2) is 9.97 Å². The molecular weight excluding hydrogens is 372 g/mol. The van der Waals surface area contributed by atoms with Gasteiger partial charge in [-0.3, -0.25) is 4.79 Å². The summed E-state index contributed by atoms with van der Waals surface area (Å²) in [5.41, 5.74) is 8.58. The Labute approximate surface area is 149 Å². The number of fused-ring (bicyclic) bond motifs is 1. The Balaban J connectivity index is 1.65. The Morgan fingerprint density at radius 2 is 2.29 bits per heavy atom. The van der Waals surface area contributed by atoms with E-state index in [1.807, 2.05) is 23.1 Å². The maximum absolute atomic E-state index is 12.5. The number of ether oxygens (including phenoxy) is 1. The van der Waals surface area contributed by atoms with Crippen LogP contribution in [0.5, 0.6) is 5.75 Å². The smallest absolute Gasteiger partial charge is 0.223 e. The van der Waals surface area contributed by atoms with E-state index in [9.17, 15) is 4.79 Å². The van der Waals surface area contributed by atoms with Crippen molar-refractivity contribution in [2.45, 2.75) is 25.8 Å². The Morgan fingerprint density at radius 3 is 3.08 bits per heavy atom. The van der Waals surface area contributed by atoms with Crippen molar-refractivity contribution in [2.75, 3.05) is 19.4 Å². The molecule has 1 aliphatic heterocycles. The number of hydrogen-bond acceptors (Lipinski definition) is 5. The summed E-state index contributed by atoms with van der Waals surface area (Å²) in [6.07, 6.45) is 3.59. The maximum atomic E-state index is 12.5. The SMILES string of the molecule is COc1ccc(Br)cc1CCC(=O)N1CCc2cnc(N)nc2C1. The minimum atomic E-state index is 0.111. The number of carbonyl (C=O) groups is 1. The minimum absolute atomic E-state index is 0.111. The van der Waals surface area contributed by atoms with Crippen molar-refractivity contribution in [1.29, 1.82) is 0 Å². The summed E-state index contributed by atoms with van der Waals surface area (Å²) in [7, 11) is 1.64. The molecule has 24 heavy (non-hydrogen) atoms. The first-order valence-corrected chi connectivity index (χ1v) is 8.56. The molecule has 3 rings (SSSR count). The summed E-state index contributed by atoms with van der Waals surface area (Å²) in [6, 6.07) is 5.82. The molecule has 1 aromatic heterocycles. The molecule has 0 atom stereocenters. The average molecular weight is 391 g/mol. The van der Waals surface area contributed by atoms with Gasteiger partial charge >= 0.3 is 0 Å². The summed E-state index contributed by atoms with van der Waals surface area (Å²) < 4.78 is 6.34. The quantitative estimate of drug-likeness (QED) is 0.866. The van der Waals surface area contributed by atoms with E-state index in [-0.39, 0.29) is 11.9 Å². The first-order valence-electron chi connectivity index (χ1n) is 7.77. The third kappa shape index (κ3) is 3.67. The highest BCUT2D eigenvalue weighted by Gasteiger charge is 2.22. The van der Waals surface area contributed by atoms with Gasteiger partial charge in [0.1, 0.15) is 5.75 Å². The Hall–Kier alpha value is -2.15. The average Bonchev–Trinajstić information content (AvgIpc) is 2.59. The molecule has 1 aliphatic rings. The van der Waals surface area contributed by atoms with Gasteiger partial charge < -0.3 is 15.4 Å². The number of halogens is 1. The summed E-state index contributed by atoms with van der Waals surface area (Å²) in [5.74, 6) is 1.16. The topological polar surface area (TPSA) is 81.3 Å². The molecule has 0 unspecified atom stereocenters. The zero-order chi connectivity index (χ0) is 17.1. The highest BCUT2D eigenvalue weighted by Crippen LogP contribution is 2.25. The number of benzene rings is 1. The molecule has 2 aromatic rings. The van der Waals surface area contributed by atoms with E-state index in [1.165, 1.54) is 0 Å². The van der Waals surface area contributed by atoms with Crippen LogP contribution in [0.4, 0.5) is 5.95 Å². The van der Waals surface area contributed by atoms with Crippen LogP contribution in [0.2, 0.25) is 0 Å². The Morgan fingerprint density at radius 1 is 1.46 bits per heavy atom. The lowest BCUT2D eigenvalue weighted by atomic mass is 10.0. The van der Waals surface area contributed by atoms with Crippen molar-refractivity contribution in [3.05, 3.63) is 45.7 Å². The predicted molar refractivity (Wildman–Crippen MR) is 94.6 cm³/mol. The number of methoxy groups -OCH3 is 1. The summed E-state index contributed by atoms with van der Waals surface area (Å²) in [5, 5.41) is 0. The van der Waals surface area contributed by atoms with Crippen molar-refractivity contribution in [3.63, 3.8) is 0 Å². The van der Waals surface area contributed by atoms with Crippen molar-refractivity contribution in [3.8, 4) is 5.75 Å². The van der Waals surface area contributed by atoms with Crippen LogP contribution >= 0.6 is 15.9 Å². The van der Waals surface area contributed by atoms with Crippen molar-refractivity contribution < 1.29 is 9.53 Å². The van der Waals surface area contributed by atoms with Crippen molar-refractivity contribution in [2.24, 2.45) is 0 Å². The molecule has 1 amide bonds. The fourth-order valence-electron chi connectivity index (χ4n) is 2.87. The number of nitrogens with zero attached hydrogens (tertiary/aromatic N) is 3. The van der Waals surface area contributed by atoms with Crippen LogP contribution in [-0.2, 0) is 24.2 Å². The number of rotatable bonds is 4. The lowest BCUT2D eigenvalue weighted by molar-refractivity contribution is -0.132. The van der Waals surface area contributed by atoms with Gasteiger partial charge in [-0.15, -0.1) is 0 Å². The Bertz CT molecular complexity index is 766. The van der Waals surface area contributed by atoms with Crippen molar-refractivity contribution in [1.82, 2.24) is 14.9 Å². The molecule has 7 heteroatoms. The first-order chi connectivity index (χ1) is 11.6. The molecule has 0 saturated heterocycles. The molecule has 0 spiro atoms. The molecule has 0 saturated carbocycles. The normalized spacial score (nSPS) is 13.5. The van der Waals surface area contributed by atoms with Gasteiger partial charge in [0.05, 0.1) is 19.3 Å². The van der Waals surface area contributed by atoms with Crippen LogP contribution in [0.1, 0.15) is 23.2 Å². The van der Waals surface area contributed by atoms with E-state index in [2.05, 4.69) is 25.9 Å². The number of nitrogens with two attached hydrogens (primary N) is 1.